The molecule has 0 aromatic heterocycles. The number of carbonyl (C=O) groups is 1. The minimum Gasteiger partial charge on any atom is -0.352 e. The minimum atomic E-state index is -4.41. The third-order valence-electron chi connectivity index (χ3n) is 0.942. The van der Waals surface area contributed by atoms with E-state index in [4.69, 9.17) is 9.79 Å². The van der Waals surface area contributed by atoms with Crippen molar-refractivity contribution < 1.29 is 23.7 Å². The molecule has 0 saturated heterocycles. The highest BCUT2D eigenvalue weighted by Gasteiger charge is 2.15. The Morgan fingerprint density at radius 1 is 1.67 bits per heavy atom. The first-order chi connectivity index (χ1) is 5.31. The summed E-state index contributed by atoms with van der Waals surface area (Å²) in [6, 6.07) is -0.407. The molecule has 0 saturated carbocycles. The molecule has 0 aliphatic rings. The lowest BCUT2D eigenvalue weighted by Crippen LogP contribution is -2.33. The van der Waals surface area contributed by atoms with Crippen molar-refractivity contribution in [2.75, 3.05) is 6.61 Å². The Bertz CT molecular complexity index is 200. The minimum absolute atomic E-state index is 0.205. The average molecular weight is 197 g/mol. The summed E-state index contributed by atoms with van der Waals surface area (Å²) in [7, 11) is -4.41. The van der Waals surface area contributed by atoms with E-state index < -0.39 is 13.9 Å². The molecule has 0 rings (SSSR count). The number of rotatable bonds is 4. The van der Waals surface area contributed by atoms with Gasteiger partial charge in [-0.25, -0.2) is 4.57 Å². The number of carbonyl (C=O) groups excluding carboxylic acids is 1. The highest BCUT2D eigenvalue weighted by Crippen LogP contribution is 2.35. The fraction of sp³-hybridized carbons (Fsp3) is 0.800. The highest BCUT2D eigenvalue weighted by molar-refractivity contribution is 7.46. The molecule has 0 heterocycles. The number of nitrogens with one attached hydrogen (secondary N) is 1. The summed E-state index contributed by atoms with van der Waals surface area (Å²) in [4.78, 5) is 27.0. The Balaban J connectivity index is 3.65. The topological polar surface area (TPSA) is 95.9 Å². The van der Waals surface area contributed by atoms with Gasteiger partial charge < -0.3 is 15.1 Å². The van der Waals surface area contributed by atoms with E-state index >= 15 is 0 Å². The predicted molar refractivity (Wildman–Crippen MR) is 41.3 cm³/mol. The van der Waals surface area contributed by atoms with Crippen molar-refractivity contribution in [2.45, 2.75) is 19.9 Å². The summed E-state index contributed by atoms with van der Waals surface area (Å²) >= 11 is 0. The quantitative estimate of drug-likeness (QED) is 0.534. The van der Waals surface area contributed by atoms with Crippen LogP contribution in [0.15, 0.2) is 0 Å². The van der Waals surface area contributed by atoms with Gasteiger partial charge in [0.2, 0.25) is 5.91 Å². The van der Waals surface area contributed by atoms with Gasteiger partial charge in [-0.2, -0.15) is 0 Å². The number of hydrogen-bond acceptors (Lipinski definition) is 3. The molecule has 0 spiro atoms. The van der Waals surface area contributed by atoms with Crippen LogP contribution in [0.3, 0.4) is 0 Å². The second kappa shape index (κ2) is 4.57. The number of hydrogen-bond donors (Lipinski definition) is 3. The van der Waals surface area contributed by atoms with Crippen LogP contribution >= 0.6 is 7.82 Å². The average Bonchev–Trinajstić information content (AvgIpc) is 1.80. The fourth-order valence-corrected chi connectivity index (χ4v) is 1.02. The summed E-state index contributed by atoms with van der Waals surface area (Å²) in [5.41, 5.74) is 0. The normalized spacial score (nSPS) is 14.0. The van der Waals surface area contributed by atoms with Crippen LogP contribution in [0, 0.1) is 0 Å². The van der Waals surface area contributed by atoms with Gasteiger partial charge in [0.15, 0.2) is 0 Å². The van der Waals surface area contributed by atoms with Crippen LogP contribution in [0.4, 0.5) is 0 Å². The zero-order chi connectivity index (χ0) is 9.78. The van der Waals surface area contributed by atoms with Crippen molar-refractivity contribution in [3.05, 3.63) is 0 Å². The van der Waals surface area contributed by atoms with Crippen molar-refractivity contribution in [1.82, 2.24) is 5.32 Å². The monoisotopic (exact) mass is 197 g/mol. The molecule has 12 heavy (non-hydrogen) atoms. The van der Waals surface area contributed by atoms with Crippen LogP contribution in [0.5, 0.6) is 0 Å². The van der Waals surface area contributed by atoms with Crippen molar-refractivity contribution in [3.8, 4) is 0 Å². The van der Waals surface area contributed by atoms with E-state index in [9.17, 15) is 9.36 Å². The Hall–Kier alpha value is -0.420. The van der Waals surface area contributed by atoms with E-state index in [2.05, 4.69) is 9.84 Å². The van der Waals surface area contributed by atoms with Crippen molar-refractivity contribution in [2.24, 2.45) is 0 Å². The van der Waals surface area contributed by atoms with Gasteiger partial charge in [-0.3, -0.25) is 9.32 Å². The summed E-state index contributed by atoms with van der Waals surface area (Å²) in [5, 5.41) is 2.41. The molecular weight excluding hydrogens is 185 g/mol. The molecule has 1 amide bonds. The standard InChI is InChI=1S/C5H12NO5P/c1-4(6-5(2)7)3-11-12(8,9)10/h4H,3H2,1-2H3,(H,6,7)(H2,8,9,10)/t4-/m1/s1. The maximum atomic E-state index is 10.4. The molecule has 7 heteroatoms. The van der Waals surface area contributed by atoms with Crippen LogP contribution in [0.25, 0.3) is 0 Å². The van der Waals surface area contributed by atoms with Crippen LogP contribution in [-0.2, 0) is 13.9 Å². The van der Waals surface area contributed by atoms with Crippen LogP contribution in [0.2, 0.25) is 0 Å². The third kappa shape index (κ3) is 7.68. The molecule has 0 aromatic rings. The Labute approximate surface area is 70.2 Å². The number of phosphoric acid groups is 1. The molecule has 0 aliphatic heterocycles. The second-order valence-electron chi connectivity index (χ2n) is 2.39. The van der Waals surface area contributed by atoms with Gasteiger partial charge in [0.1, 0.15) is 0 Å². The van der Waals surface area contributed by atoms with E-state index in [0.29, 0.717) is 0 Å². The Morgan fingerprint density at radius 3 is 2.50 bits per heavy atom. The van der Waals surface area contributed by atoms with Gasteiger partial charge in [-0.15, -0.1) is 0 Å². The smallest absolute Gasteiger partial charge is 0.352 e. The van der Waals surface area contributed by atoms with E-state index in [1.165, 1.54) is 6.92 Å². The lowest BCUT2D eigenvalue weighted by atomic mass is 10.4. The summed E-state index contributed by atoms with van der Waals surface area (Å²) in [6.45, 7) is 2.69. The fourth-order valence-electron chi connectivity index (χ4n) is 0.598. The van der Waals surface area contributed by atoms with Crippen molar-refractivity contribution in [3.63, 3.8) is 0 Å². The molecule has 72 valence electrons. The maximum Gasteiger partial charge on any atom is 0.469 e. The van der Waals surface area contributed by atoms with Gasteiger partial charge in [0.05, 0.1) is 6.61 Å². The van der Waals surface area contributed by atoms with Crippen LogP contribution in [0.1, 0.15) is 13.8 Å². The summed E-state index contributed by atoms with van der Waals surface area (Å²) < 4.78 is 14.3. The summed E-state index contributed by atoms with van der Waals surface area (Å²) in [5.74, 6) is -0.267. The Kier molecular flexibility index (Phi) is 4.41. The molecule has 3 N–H and O–H groups in total. The lowest BCUT2D eigenvalue weighted by molar-refractivity contribution is -0.119. The molecular formula is C5H12NO5P. The maximum absolute atomic E-state index is 10.4. The largest absolute Gasteiger partial charge is 0.469 e. The summed E-state index contributed by atoms with van der Waals surface area (Å²) in [6.07, 6.45) is 0. The van der Waals surface area contributed by atoms with Gasteiger partial charge in [-0.05, 0) is 6.92 Å². The number of phosphoric ester groups is 1. The molecule has 0 fully saturated rings. The second-order valence-corrected chi connectivity index (χ2v) is 3.63. The number of amides is 1. The zero-order valence-corrected chi connectivity index (χ0v) is 7.75. The lowest BCUT2D eigenvalue weighted by Gasteiger charge is -2.12. The van der Waals surface area contributed by atoms with Crippen molar-refractivity contribution >= 4 is 13.7 Å². The van der Waals surface area contributed by atoms with E-state index in [0.717, 1.165) is 0 Å². The van der Waals surface area contributed by atoms with E-state index in [1.54, 1.807) is 6.92 Å². The SMILES string of the molecule is CC(=O)N[C@H](C)COP(=O)(O)O. The van der Waals surface area contributed by atoms with E-state index in [1.807, 2.05) is 0 Å². The van der Waals surface area contributed by atoms with Gasteiger partial charge in [-0.1, -0.05) is 0 Å². The van der Waals surface area contributed by atoms with Gasteiger partial charge in [0, 0.05) is 13.0 Å². The van der Waals surface area contributed by atoms with Gasteiger partial charge in [0.25, 0.3) is 0 Å². The van der Waals surface area contributed by atoms with Crippen molar-refractivity contribution in [1.29, 1.82) is 0 Å². The van der Waals surface area contributed by atoms with Crippen LogP contribution < -0.4 is 5.32 Å². The zero-order valence-electron chi connectivity index (χ0n) is 6.85. The Morgan fingerprint density at radius 2 is 2.17 bits per heavy atom. The molecule has 0 aromatic carbocycles. The molecule has 0 unspecified atom stereocenters. The predicted octanol–water partition coefficient (Wildman–Crippen LogP) is -0.380. The van der Waals surface area contributed by atoms with E-state index in [-0.39, 0.29) is 12.5 Å². The third-order valence-corrected chi connectivity index (χ3v) is 1.43. The molecule has 1 atom stereocenters. The highest BCUT2D eigenvalue weighted by atomic mass is 31.2. The molecule has 0 aliphatic carbocycles. The van der Waals surface area contributed by atoms with Gasteiger partial charge >= 0.3 is 7.82 Å². The first kappa shape index (κ1) is 11.6. The molecule has 0 radical (unpaired) electrons. The molecule has 0 bridgehead atoms. The molecule has 6 nitrogen and oxygen atoms in total. The van der Waals surface area contributed by atoms with Crippen LogP contribution in [-0.4, -0.2) is 28.3 Å². The first-order valence-electron chi connectivity index (χ1n) is 3.28. The first-order valence-corrected chi connectivity index (χ1v) is 4.81.